The van der Waals surface area contributed by atoms with Crippen LogP contribution in [-0.4, -0.2) is 6.54 Å². The van der Waals surface area contributed by atoms with Crippen molar-refractivity contribution >= 4 is 21.6 Å². The van der Waals surface area contributed by atoms with Crippen LogP contribution in [0.2, 0.25) is 0 Å². The molecule has 0 spiro atoms. The quantitative estimate of drug-likeness (QED) is 0.851. The summed E-state index contributed by atoms with van der Waals surface area (Å²) in [6, 6.07) is 6.41. The smallest absolute Gasteiger partial charge is 0.0343 e. The highest BCUT2D eigenvalue weighted by Crippen LogP contribution is 2.29. The Balaban J connectivity index is 1.98. The first-order valence-electron chi connectivity index (χ1n) is 4.76. The fourth-order valence-corrected chi connectivity index (χ4v) is 1.59. The van der Waals surface area contributed by atoms with E-state index in [-0.39, 0.29) is 0 Å². The zero-order chi connectivity index (χ0) is 9.26. The van der Waals surface area contributed by atoms with Crippen molar-refractivity contribution in [2.75, 3.05) is 11.9 Å². The Kier molecular flexibility index (Phi) is 2.58. The first kappa shape index (κ1) is 9.07. The highest BCUT2D eigenvalue weighted by Gasteiger charge is 2.20. The molecule has 1 aliphatic rings. The second-order valence-electron chi connectivity index (χ2n) is 3.79. The Morgan fingerprint density at radius 2 is 2.23 bits per heavy atom. The van der Waals surface area contributed by atoms with Gasteiger partial charge in [0.05, 0.1) is 0 Å². The SMILES string of the molecule is Cc1cc(NCC2CC2)ccc1Br. The van der Waals surface area contributed by atoms with E-state index >= 15 is 0 Å². The fraction of sp³-hybridized carbons (Fsp3) is 0.455. The van der Waals surface area contributed by atoms with E-state index in [4.69, 9.17) is 0 Å². The third-order valence-electron chi connectivity index (χ3n) is 2.45. The number of benzene rings is 1. The van der Waals surface area contributed by atoms with Crippen LogP contribution in [0, 0.1) is 12.8 Å². The minimum absolute atomic E-state index is 0.934. The molecule has 1 N–H and O–H groups in total. The molecule has 0 unspecified atom stereocenters. The van der Waals surface area contributed by atoms with Crippen LogP contribution in [0.1, 0.15) is 18.4 Å². The molecule has 0 bridgehead atoms. The van der Waals surface area contributed by atoms with Crippen LogP contribution in [0.4, 0.5) is 5.69 Å². The second kappa shape index (κ2) is 3.70. The van der Waals surface area contributed by atoms with E-state index in [1.165, 1.54) is 28.6 Å². The van der Waals surface area contributed by atoms with E-state index < -0.39 is 0 Å². The third kappa shape index (κ3) is 2.47. The Labute approximate surface area is 87.7 Å². The van der Waals surface area contributed by atoms with Crippen molar-refractivity contribution in [3.8, 4) is 0 Å². The summed E-state index contributed by atoms with van der Waals surface area (Å²) in [6.07, 6.45) is 2.81. The van der Waals surface area contributed by atoms with Crippen LogP contribution in [0.25, 0.3) is 0 Å². The lowest BCUT2D eigenvalue weighted by atomic mass is 10.2. The molecular weight excluding hydrogens is 226 g/mol. The lowest BCUT2D eigenvalue weighted by Gasteiger charge is -2.06. The number of hydrogen-bond donors (Lipinski definition) is 1. The second-order valence-corrected chi connectivity index (χ2v) is 4.64. The first-order valence-corrected chi connectivity index (χ1v) is 5.55. The van der Waals surface area contributed by atoms with Gasteiger partial charge in [-0.25, -0.2) is 0 Å². The summed E-state index contributed by atoms with van der Waals surface area (Å²) in [5, 5.41) is 3.45. The monoisotopic (exact) mass is 239 g/mol. The van der Waals surface area contributed by atoms with Crippen LogP contribution in [0.3, 0.4) is 0 Å². The summed E-state index contributed by atoms with van der Waals surface area (Å²) in [4.78, 5) is 0. The number of aryl methyl sites for hydroxylation is 1. The van der Waals surface area contributed by atoms with E-state index in [1.54, 1.807) is 0 Å². The van der Waals surface area contributed by atoms with Gasteiger partial charge in [0, 0.05) is 16.7 Å². The number of anilines is 1. The van der Waals surface area contributed by atoms with E-state index in [2.05, 4.69) is 46.4 Å². The number of halogens is 1. The van der Waals surface area contributed by atoms with Gasteiger partial charge in [-0.05, 0) is 49.4 Å². The number of rotatable bonds is 3. The average Bonchev–Trinajstić information content (AvgIpc) is 2.91. The predicted molar refractivity (Wildman–Crippen MR) is 60.1 cm³/mol. The molecular formula is C11H14BrN. The predicted octanol–water partition coefficient (Wildman–Crippen LogP) is 3.58. The lowest BCUT2D eigenvalue weighted by molar-refractivity contribution is 0.889. The van der Waals surface area contributed by atoms with Crippen LogP contribution >= 0.6 is 15.9 Å². The molecule has 0 heterocycles. The molecule has 1 fully saturated rings. The molecule has 0 radical (unpaired) electrons. The summed E-state index contributed by atoms with van der Waals surface area (Å²) >= 11 is 3.49. The van der Waals surface area contributed by atoms with Crippen molar-refractivity contribution in [3.63, 3.8) is 0 Å². The Morgan fingerprint density at radius 3 is 2.85 bits per heavy atom. The zero-order valence-electron chi connectivity index (χ0n) is 7.81. The van der Waals surface area contributed by atoms with E-state index in [1.807, 2.05) is 0 Å². The first-order chi connectivity index (χ1) is 6.25. The molecule has 0 aliphatic heterocycles. The molecule has 1 nitrogen and oxygen atoms in total. The largest absolute Gasteiger partial charge is 0.385 e. The summed E-state index contributed by atoms with van der Waals surface area (Å²) in [5.41, 5.74) is 2.54. The maximum Gasteiger partial charge on any atom is 0.0343 e. The van der Waals surface area contributed by atoms with Crippen LogP contribution in [0.15, 0.2) is 22.7 Å². The maximum absolute atomic E-state index is 3.49. The van der Waals surface area contributed by atoms with E-state index in [0.29, 0.717) is 0 Å². The number of hydrogen-bond acceptors (Lipinski definition) is 1. The van der Waals surface area contributed by atoms with Crippen molar-refractivity contribution in [1.29, 1.82) is 0 Å². The van der Waals surface area contributed by atoms with Crippen LogP contribution in [-0.2, 0) is 0 Å². The highest BCUT2D eigenvalue weighted by atomic mass is 79.9. The molecule has 13 heavy (non-hydrogen) atoms. The van der Waals surface area contributed by atoms with Crippen LogP contribution in [0.5, 0.6) is 0 Å². The number of nitrogens with one attached hydrogen (secondary N) is 1. The zero-order valence-corrected chi connectivity index (χ0v) is 9.39. The molecule has 1 aromatic rings. The lowest BCUT2D eigenvalue weighted by Crippen LogP contribution is -2.02. The molecule has 1 saturated carbocycles. The molecule has 2 rings (SSSR count). The third-order valence-corrected chi connectivity index (χ3v) is 3.34. The minimum Gasteiger partial charge on any atom is -0.385 e. The van der Waals surface area contributed by atoms with Gasteiger partial charge in [-0.3, -0.25) is 0 Å². The molecule has 1 aromatic carbocycles. The highest BCUT2D eigenvalue weighted by molar-refractivity contribution is 9.10. The van der Waals surface area contributed by atoms with E-state index in [9.17, 15) is 0 Å². The Bertz CT molecular complexity index is 305. The van der Waals surface area contributed by atoms with Crippen molar-refractivity contribution in [3.05, 3.63) is 28.2 Å². The molecule has 2 heteroatoms. The van der Waals surface area contributed by atoms with Crippen molar-refractivity contribution in [2.24, 2.45) is 5.92 Å². The van der Waals surface area contributed by atoms with Gasteiger partial charge >= 0.3 is 0 Å². The van der Waals surface area contributed by atoms with Crippen LogP contribution < -0.4 is 5.32 Å². The van der Waals surface area contributed by atoms with Crippen molar-refractivity contribution in [1.82, 2.24) is 0 Å². The topological polar surface area (TPSA) is 12.0 Å². The molecule has 1 aliphatic carbocycles. The molecule has 70 valence electrons. The molecule has 0 amide bonds. The average molecular weight is 240 g/mol. The molecule has 0 atom stereocenters. The van der Waals surface area contributed by atoms with Gasteiger partial charge in [0.15, 0.2) is 0 Å². The van der Waals surface area contributed by atoms with Gasteiger partial charge in [-0.1, -0.05) is 15.9 Å². The van der Waals surface area contributed by atoms with Gasteiger partial charge < -0.3 is 5.32 Å². The van der Waals surface area contributed by atoms with Gasteiger partial charge in [0.2, 0.25) is 0 Å². The normalized spacial score (nSPS) is 15.8. The summed E-state index contributed by atoms with van der Waals surface area (Å²) in [5.74, 6) is 0.934. The van der Waals surface area contributed by atoms with Crippen molar-refractivity contribution in [2.45, 2.75) is 19.8 Å². The molecule has 0 saturated heterocycles. The summed E-state index contributed by atoms with van der Waals surface area (Å²) in [6.45, 7) is 3.26. The Morgan fingerprint density at radius 1 is 1.46 bits per heavy atom. The van der Waals surface area contributed by atoms with Gasteiger partial charge in [0.1, 0.15) is 0 Å². The maximum atomic E-state index is 3.49. The van der Waals surface area contributed by atoms with Gasteiger partial charge in [0.25, 0.3) is 0 Å². The standard InChI is InChI=1S/C11H14BrN/c1-8-6-10(4-5-11(8)12)13-7-9-2-3-9/h4-6,9,13H,2-3,7H2,1H3. The minimum atomic E-state index is 0.934. The molecule has 0 aromatic heterocycles. The Hall–Kier alpha value is -0.500. The summed E-state index contributed by atoms with van der Waals surface area (Å²) in [7, 11) is 0. The summed E-state index contributed by atoms with van der Waals surface area (Å²) < 4.78 is 1.18. The van der Waals surface area contributed by atoms with Gasteiger partial charge in [-0.2, -0.15) is 0 Å². The van der Waals surface area contributed by atoms with Gasteiger partial charge in [-0.15, -0.1) is 0 Å². The van der Waals surface area contributed by atoms with Crippen molar-refractivity contribution < 1.29 is 0 Å². The van der Waals surface area contributed by atoms with E-state index in [0.717, 1.165) is 12.5 Å². The fourth-order valence-electron chi connectivity index (χ4n) is 1.34.